The van der Waals surface area contributed by atoms with E-state index in [1.54, 1.807) is 12.1 Å². The van der Waals surface area contributed by atoms with E-state index in [4.69, 9.17) is 5.14 Å². The number of amides is 1. The van der Waals surface area contributed by atoms with Crippen LogP contribution < -0.4 is 10.5 Å². The third kappa shape index (κ3) is 4.90. The van der Waals surface area contributed by atoms with E-state index in [2.05, 4.69) is 5.32 Å². The van der Waals surface area contributed by atoms with E-state index < -0.39 is 10.0 Å². The Morgan fingerprint density at radius 1 is 1.12 bits per heavy atom. The molecule has 2 aromatic carbocycles. The zero-order valence-corrected chi connectivity index (χ0v) is 15.6. The third-order valence-corrected chi connectivity index (χ3v) is 5.19. The lowest BCUT2D eigenvalue weighted by Crippen LogP contribution is -2.26. The third-order valence-electron chi connectivity index (χ3n) is 4.20. The molecule has 0 saturated carbocycles. The highest BCUT2D eigenvalue weighted by Gasteiger charge is 2.24. The first-order valence-corrected chi connectivity index (χ1v) is 9.69. The van der Waals surface area contributed by atoms with Gasteiger partial charge in [-0.1, -0.05) is 57.2 Å². The average molecular weight is 360 g/mol. The normalized spacial score (nSPS) is 12.0. The van der Waals surface area contributed by atoms with Gasteiger partial charge >= 0.3 is 0 Å². The van der Waals surface area contributed by atoms with Crippen molar-refractivity contribution in [2.24, 2.45) is 5.14 Å². The highest BCUT2D eigenvalue weighted by Crippen LogP contribution is 2.28. The summed E-state index contributed by atoms with van der Waals surface area (Å²) in [4.78, 5) is 12.5. The molecule has 0 bridgehead atoms. The Bertz CT molecular complexity index is 859. The fourth-order valence-corrected chi connectivity index (χ4v) is 3.66. The Morgan fingerprint density at radius 3 is 2.32 bits per heavy atom. The van der Waals surface area contributed by atoms with Crippen LogP contribution in [0.2, 0.25) is 0 Å². The largest absolute Gasteiger partial charge is 0.326 e. The van der Waals surface area contributed by atoms with E-state index in [0.29, 0.717) is 17.7 Å². The van der Waals surface area contributed by atoms with Crippen LogP contribution in [0.3, 0.4) is 0 Å². The van der Waals surface area contributed by atoms with E-state index in [1.807, 2.05) is 51.1 Å². The van der Waals surface area contributed by atoms with Crippen LogP contribution in [0.15, 0.2) is 53.4 Å². The summed E-state index contributed by atoms with van der Waals surface area (Å²) in [6.07, 6.45) is 0.818. The fourth-order valence-electron chi connectivity index (χ4n) is 2.79. The second-order valence-electron chi connectivity index (χ2n) is 6.70. The molecule has 0 radical (unpaired) electrons. The molecular formula is C19H24N2O3S. The number of hydrogen-bond acceptors (Lipinski definition) is 3. The van der Waals surface area contributed by atoms with E-state index in [-0.39, 0.29) is 22.6 Å². The van der Waals surface area contributed by atoms with Gasteiger partial charge in [0.1, 0.15) is 0 Å². The van der Waals surface area contributed by atoms with Crippen LogP contribution in [0.4, 0.5) is 5.69 Å². The minimum Gasteiger partial charge on any atom is -0.326 e. The van der Waals surface area contributed by atoms with Gasteiger partial charge in [-0.25, -0.2) is 13.6 Å². The number of rotatable bonds is 6. The van der Waals surface area contributed by atoms with E-state index in [9.17, 15) is 13.2 Å². The Kier molecular flexibility index (Phi) is 5.65. The number of sulfonamides is 1. The van der Waals surface area contributed by atoms with Gasteiger partial charge in [-0.2, -0.15) is 0 Å². The zero-order chi connectivity index (χ0) is 18.7. The predicted molar refractivity (Wildman–Crippen MR) is 99.9 cm³/mol. The van der Waals surface area contributed by atoms with Gasteiger partial charge in [-0.15, -0.1) is 0 Å². The van der Waals surface area contributed by atoms with E-state index in [0.717, 1.165) is 5.56 Å². The molecule has 0 aliphatic carbocycles. The van der Waals surface area contributed by atoms with Crippen LogP contribution in [-0.2, 0) is 26.7 Å². The number of benzene rings is 2. The highest BCUT2D eigenvalue weighted by atomic mass is 32.2. The molecule has 2 rings (SSSR count). The number of carbonyl (C=O) groups excluding carboxylic acids is 1. The Hall–Kier alpha value is -2.18. The number of nitrogens with one attached hydrogen (secondary N) is 1. The van der Waals surface area contributed by atoms with Crippen molar-refractivity contribution in [1.29, 1.82) is 0 Å². The molecule has 2 aromatic rings. The zero-order valence-electron chi connectivity index (χ0n) is 14.7. The van der Waals surface area contributed by atoms with Gasteiger partial charge in [0.05, 0.1) is 4.90 Å². The lowest BCUT2D eigenvalue weighted by molar-refractivity contribution is -0.117. The fraction of sp³-hybridized carbons (Fsp3) is 0.316. The molecular weight excluding hydrogens is 336 g/mol. The number of hydrogen-bond donors (Lipinski definition) is 2. The SMILES string of the molecule is CCc1ccc(NC(=O)CC(C)(C)c2ccccc2)cc1S(N)(=O)=O. The van der Waals surface area contributed by atoms with Gasteiger partial charge in [0.15, 0.2) is 0 Å². The summed E-state index contributed by atoms with van der Waals surface area (Å²) >= 11 is 0. The maximum atomic E-state index is 12.4. The molecule has 3 N–H and O–H groups in total. The topological polar surface area (TPSA) is 89.3 Å². The summed E-state index contributed by atoms with van der Waals surface area (Å²) in [5, 5.41) is 8.04. The van der Waals surface area contributed by atoms with Gasteiger partial charge in [-0.05, 0) is 35.1 Å². The lowest BCUT2D eigenvalue weighted by atomic mass is 9.81. The standard InChI is InChI=1S/C19H24N2O3S/c1-4-14-10-11-16(12-17(14)25(20,23)24)21-18(22)13-19(2,3)15-8-6-5-7-9-15/h5-12H,4,13H2,1-3H3,(H,21,22)(H2,20,23,24). The van der Waals surface area contributed by atoms with Crippen molar-refractivity contribution in [2.75, 3.05) is 5.32 Å². The van der Waals surface area contributed by atoms with Crippen LogP contribution in [0.25, 0.3) is 0 Å². The highest BCUT2D eigenvalue weighted by molar-refractivity contribution is 7.89. The first-order chi connectivity index (χ1) is 11.6. The second-order valence-corrected chi connectivity index (χ2v) is 8.23. The Morgan fingerprint density at radius 2 is 1.76 bits per heavy atom. The van der Waals surface area contributed by atoms with Gasteiger partial charge in [0.25, 0.3) is 0 Å². The number of carbonyl (C=O) groups is 1. The minimum atomic E-state index is -3.83. The molecule has 5 nitrogen and oxygen atoms in total. The van der Waals surface area contributed by atoms with Crippen molar-refractivity contribution < 1.29 is 13.2 Å². The quantitative estimate of drug-likeness (QED) is 0.829. The van der Waals surface area contributed by atoms with Crippen molar-refractivity contribution in [2.45, 2.75) is 43.9 Å². The molecule has 0 aliphatic heterocycles. The molecule has 0 fully saturated rings. The number of primary sulfonamides is 1. The summed E-state index contributed by atoms with van der Waals surface area (Å²) < 4.78 is 23.5. The molecule has 0 aromatic heterocycles. The molecule has 0 unspecified atom stereocenters. The van der Waals surface area contributed by atoms with Crippen LogP contribution in [-0.4, -0.2) is 14.3 Å². The summed E-state index contributed by atoms with van der Waals surface area (Å²) in [6.45, 7) is 5.85. The molecule has 134 valence electrons. The maximum absolute atomic E-state index is 12.4. The molecule has 25 heavy (non-hydrogen) atoms. The molecule has 0 saturated heterocycles. The van der Waals surface area contributed by atoms with Gasteiger partial charge < -0.3 is 5.32 Å². The predicted octanol–water partition coefficient (Wildman–Crippen LogP) is 3.20. The van der Waals surface area contributed by atoms with Crippen molar-refractivity contribution >= 4 is 21.6 Å². The summed E-state index contributed by atoms with van der Waals surface area (Å²) in [5.74, 6) is -0.182. The summed E-state index contributed by atoms with van der Waals surface area (Å²) in [7, 11) is -3.83. The molecule has 1 amide bonds. The number of nitrogens with two attached hydrogens (primary N) is 1. The van der Waals surface area contributed by atoms with Crippen LogP contribution in [0, 0.1) is 0 Å². The first-order valence-electron chi connectivity index (χ1n) is 8.14. The first kappa shape index (κ1) is 19.1. The van der Waals surface area contributed by atoms with Gasteiger partial charge in [0.2, 0.25) is 15.9 Å². The smallest absolute Gasteiger partial charge is 0.238 e. The van der Waals surface area contributed by atoms with Gasteiger partial charge in [0, 0.05) is 12.1 Å². The molecule has 0 atom stereocenters. The molecule has 0 aliphatic rings. The number of anilines is 1. The monoisotopic (exact) mass is 360 g/mol. The molecule has 0 heterocycles. The average Bonchev–Trinajstić information content (AvgIpc) is 2.54. The van der Waals surface area contributed by atoms with Crippen molar-refractivity contribution in [3.05, 3.63) is 59.7 Å². The van der Waals surface area contributed by atoms with Crippen LogP contribution >= 0.6 is 0 Å². The van der Waals surface area contributed by atoms with Crippen molar-refractivity contribution in [3.8, 4) is 0 Å². The lowest BCUT2D eigenvalue weighted by Gasteiger charge is -2.24. The Labute approximate surface area is 149 Å². The molecule has 0 spiro atoms. The van der Waals surface area contributed by atoms with E-state index in [1.165, 1.54) is 6.07 Å². The van der Waals surface area contributed by atoms with Gasteiger partial charge in [-0.3, -0.25) is 4.79 Å². The van der Waals surface area contributed by atoms with Crippen molar-refractivity contribution in [1.82, 2.24) is 0 Å². The van der Waals surface area contributed by atoms with Crippen LogP contribution in [0.1, 0.15) is 38.3 Å². The Balaban J connectivity index is 2.18. The maximum Gasteiger partial charge on any atom is 0.238 e. The second kappa shape index (κ2) is 7.37. The summed E-state index contributed by atoms with van der Waals surface area (Å²) in [6, 6.07) is 14.6. The molecule has 6 heteroatoms. The summed E-state index contributed by atoms with van der Waals surface area (Å²) in [5.41, 5.74) is 1.79. The van der Waals surface area contributed by atoms with Crippen LogP contribution in [0.5, 0.6) is 0 Å². The number of aryl methyl sites for hydroxylation is 1. The minimum absolute atomic E-state index is 0.0510. The van der Waals surface area contributed by atoms with Crippen molar-refractivity contribution in [3.63, 3.8) is 0 Å². The van der Waals surface area contributed by atoms with E-state index >= 15 is 0 Å².